The smallest absolute Gasteiger partial charge is 0.139 e. The normalized spacial score (nSPS) is 65.2. The lowest BCUT2D eigenvalue weighted by Crippen LogP contribution is -2.34. The van der Waals surface area contributed by atoms with Crippen molar-refractivity contribution in [2.75, 3.05) is 0 Å². The van der Waals surface area contributed by atoms with Gasteiger partial charge in [0.2, 0.25) is 0 Å². The number of carbonyl (C=O) groups excluding carboxylic acids is 1. The van der Waals surface area contributed by atoms with E-state index in [0.29, 0.717) is 17.6 Å². The lowest BCUT2D eigenvalue weighted by Gasteiger charge is -2.29. The van der Waals surface area contributed by atoms with Gasteiger partial charge in [0.25, 0.3) is 0 Å². The summed E-state index contributed by atoms with van der Waals surface area (Å²) in [6.45, 7) is 0. The van der Waals surface area contributed by atoms with E-state index in [1.54, 1.807) is 0 Å². The molecule has 1 heteroatoms. The predicted octanol–water partition coefficient (Wildman–Crippen LogP) is 1.87. The Labute approximate surface area is 72.5 Å². The quantitative estimate of drug-likeness (QED) is 0.531. The fourth-order valence-electron chi connectivity index (χ4n) is 5.07. The molecule has 5 fully saturated rings. The molecule has 0 heterocycles. The van der Waals surface area contributed by atoms with E-state index in [9.17, 15) is 4.79 Å². The topological polar surface area (TPSA) is 17.1 Å². The Bertz CT molecular complexity index is 246. The second-order valence-corrected chi connectivity index (χ2v) is 5.33. The van der Waals surface area contributed by atoms with E-state index in [0.717, 1.165) is 23.7 Å². The predicted molar refractivity (Wildman–Crippen MR) is 44.4 cm³/mol. The number of hydrogen-bond donors (Lipinski definition) is 0. The molecule has 0 aromatic heterocycles. The van der Waals surface area contributed by atoms with E-state index in [2.05, 4.69) is 0 Å². The second kappa shape index (κ2) is 1.64. The third-order valence-electron chi connectivity index (χ3n) is 5.24. The minimum atomic E-state index is 0.539. The van der Waals surface area contributed by atoms with Crippen LogP contribution < -0.4 is 0 Å². The molecule has 4 unspecified atom stereocenters. The van der Waals surface area contributed by atoms with Gasteiger partial charge in [0.05, 0.1) is 0 Å². The molecule has 0 N–H and O–H groups in total. The molecule has 0 aromatic carbocycles. The first-order valence-electron chi connectivity index (χ1n) is 5.40. The summed E-state index contributed by atoms with van der Waals surface area (Å²) in [6, 6.07) is 0. The fourth-order valence-corrected chi connectivity index (χ4v) is 5.07. The van der Waals surface area contributed by atoms with Gasteiger partial charge >= 0.3 is 0 Å². The van der Waals surface area contributed by atoms with Gasteiger partial charge in [-0.25, -0.2) is 0 Å². The third-order valence-corrected chi connectivity index (χ3v) is 5.24. The van der Waals surface area contributed by atoms with Crippen LogP contribution in [0, 0.1) is 35.5 Å². The minimum absolute atomic E-state index is 0.539. The van der Waals surface area contributed by atoms with Crippen molar-refractivity contribution < 1.29 is 4.79 Å². The highest BCUT2D eigenvalue weighted by Gasteiger charge is 2.65. The lowest BCUT2D eigenvalue weighted by atomic mass is 9.74. The molecule has 0 amide bonds. The van der Waals surface area contributed by atoms with Crippen molar-refractivity contribution in [3.8, 4) is 0 Å². The van der Waals surface area contributed by atoms with Crippen molar-refractivity contribution >= 4 is 5.78 Å². The zero-order valence-electron chi connectivity index (χ0n) is 7.20. The van der Waals surface area contributed by atoms with Crippen LogP contribution in [0.25, 0.3) is 0 Å². The molecule has 1 nitrogen and oxygen atoms in total. The van der Waals surface area contributed by atoms with Gasteiger partial charge in [-0.05, 0) is 49.4 Å². The Morgan fingerprint density at radius 3 is 2.17 bits per heavy atom. The summed E-state index contributed by atoms with van der Waals surface area (Å²) in [6.07, 6.45) is 5.33. The van der Waals surface area contributed by atoms with Crippen LogP contribution in [-0.2, 0) is 4.79 Å². The summed E-state index contributed by atoms with van der Waals surface area (Å²) >= 11 is 0. The number of hydrogen-bond acceptors (Lipinski definition) is 1. The Balaban J connectivity index is 1.94. The first kappa shape index (κ1) is 6.17. The highest BCUT2D eigenvalue weighted by molar-refractivity contribution is 5.87. The molecule has 5 rings (SSSR count). The molecule has 0 radical (unpaired) electrons. The van der Waals surface area contributed by atoms with Crippen molar-refractivity contribution in [3.05, 3.63) is 0 Å². The summed E-state index contributed by atoms with van der Waals surface area (Å²) in [5, 5.41) is 0. The monoisotopic (exact) mass is 162 g/mol. The van der Waals surface area contributed by atoms with Crippen LogP contribution in [0.4, 0.5) is 0 Å². The molecule has 5 aliphatic rings. The van der Waals surface area contributed by atoms with Crippen molar-refractivity contribution in [1.29, 1.82) is 0 Å². The number of carbonyl (C=O) groups is 1. The van der Waals surface area contributed by atoms with Crippen molar-refractivity contribution in [1.82, 2.24) is 0 Å². The molecular weight excluding hydrogens is 148 g/mol. The number of ketones is 1. The van der Waals surface area contributed by atoms with Gasteiger partial charge in [0.1, 0.15) is 5.78 Å². The van der Waals surface area contributed by atoms with Gasteiger partial charge in [0, 0.05) is 11.8 Å². The Morgan fingerprint density at radius 2 is 1.58 bits per heavy atom. The Morgan fingerprint density at radius 1 is 1.00 bits per heavy atom. The summed E-state index contributed by atoms with van der Waals surface area (Å²) in [4.78, 5) is 11.9. The standard InChI is InChI=1S/C11H14O/c12-11-8-3-5-4-9(11)7-2-1-6(8)10(5)7/h5-10H,1-4H2. The Hall–Kier alpha value is -0.330. The first-order chi connectivity index (χ1) is 5.86. The molecule has 0 saturated heterocycles. The van der Waals surface area contributed by atoms with Crippen molar-refractivity contribution in [2.24, 2.45) is 35.5 Å². The Kier molecular flexibility index (Phi) is 0.843. The summed E-state index contributed by atoms with van der Waals surface area (Å²) < 4.78 is 0. The van der Waals surface area contributed by atoms with E-state index in [4.69, 9.17) is 0 Å². The minimum Gasteiger partial charge on any atom is -0.299 e. The lowest BCUT2D eigenvalue weighted by molar-refractivity contribution is -0.131. The molecule has 4 atom stereocenters. The van der Waals surface area contributed by atoms with Crippen LogP contribution >= 0.6 is 0 Å². The second-order valence-electron chi connectivity index (χ2n) is 5.33. The van der Waals surface area contributed by atoms with E-state index in [1.807, 2.05) is 0 Å². The number of Topliss-reactive ketones (excluding diaryl/α,β-unsaturated/α-hetero) is 1. The molecule has 0 aliphatic heterocycles. The molecule has 5 saturated carbocycles. The van der Waals surface area contributed by atoms with Gasteiger partial charge in [-0.2, -0.15) is 0 Å². The first-order valence-corrected chi connectivity index (χ1v) is 5.40. The molecule has 5 aliphatic carbocycles. The number of rotatable bonds is 0. The van der Waals surface area contributed by atoms with Gasteiger partial charge < -0.3 is 0 Å². The maximum Gasteiger partial charge on any atom is 0.139 e. The fraction of sp³-hybridized carbons (Fsp3) is 0.909. The average molecular weight is 162 g/mol. The molecule has 12 heavy (non-hydrogen) atoms. The van der Waals surface area contributed by atoms with Crippen LogP contribution in [0.3, 0.4) is 0 Å². The van der Waals surface area contributed by atoms with Crippen LogP contribution in [-0.4, -0.2) is 5.78 Å². The van der Waals surface area contributed by atoms with E-state index >= 15 is 0 Å². The van der Waals surface area contributed by atoms with E-state index < -0.39 is 0 Å². The largest absolute Gasteiger partial charge is 0.299 e. The van der Waals surface area contributed by atoms with Crippen LogP contribution in [0.15, 0.2) is 0 Å². The van der Waals surface area contributed by atoms with Gasteiger partial charge in [-0.3, -0.25) is 4.79 Å². The summed E-state index contributed by atoms with van der Waals surface area (Å²) in [5.41, 5.74) is 0. The highest BCUT2D eigenvalue weighted by Crippen LogP contribution is 2.67. The molecule has 6 bridgehead atoms. The van der Waals surface area contributed by atoms with Crippen LogP contribution in [0.5, 0.6) is 0 Å². The van der Waals surface area contributed by atoms with E-state index in [1.165, 1.54) is 25.7 Å². The molecule has 64 valence electrons. The highest BCUT2D eigenvalue weighted by atomic mass is 16.1. The SMILES string of the molecule is O=C1C2CC3CC1C1CCC2C31. The average Bonchev–Trinajstić information content (AvgIpc) is 2.65. The van der Waals surface area contributed by atoms with Gasteiger partial charge in [-0.1, -0.05) is 0 Å². The van der Waals surface area contributed by atoms with Crippen LogP contribution in [0.2, 0.25) is 0 Å². The maximum atomic E-state index is 11.9. The zero-order valence-corrected chi connectivity index (χ0v) is 7.20. The van der Waals surface area contributed by atoms with Gasteiger partial charge in [0.15, 0.2) is 0 Å². The zero-order chi connectivity index (χ0) is 7.87. The van der Waals surface area contributed by atoms with Gasteiger partial charge in [-0.15, -0.1) is 0 Å². The molecule has 0 aromatic rings. The summed E-state index contributed by atoms with van der Waals surface area (Å²) in [5.74, 6) is 5.45. The maximum absolute atomic E-state index is 11.9. The molecular formula is C11H14O. The third kappa shape index (κ3) is 0.439. The summed E-state index contributed by atoms with van der Waals surface area (Å²) in [7, 11) is 0. The van der Waals surface area contributed by atoms with Crippen LogP contribution in [0.1, 0.15) is 25.7 Å². The molecule has 0 spiro atoms. The van der Waals surface area contributed by atoms with Crippen molar-refractivity contribution in [2.45, 2.75) is 25.7 Å². The van der Waals surface area contributed by atoms with Crippen molar-refractivity contribution in [3.63, 3.8) is 0 Å². The van der Waals surface area contributed by atoms with E-state index in [-0.39, 0.29) is 0 Å².